The number of halogens is 2. The van der Waals surface area contributed by atoms with Gasteiger partial charge in [0.1, 0.15) is 5.65 Å². The third kappa shape index (κ3) is 4.18. The van der Waals surface area contributed by atoms with Gasteiger partial charge >= 0.3 is 0 Å². The second kappa shape index (κ2) is 9.07. The van der Waals surface area contributed by atoms with Gasteiger partial charge in [0.25, 0.3) is 10.2 Å². The van der Waals surface area contributed by atoms with Crippen LogP contribution in [0.2, 0.25) is 10.0 Å². The smallest absolute Gasteiger partial charge is 0.281 e. The Hall–Kier alpha value is -3.02. The summed E-state index contributed by atoms with van der Waals surface area (Å²) in [6.07, 6.45) is 10.1. The predicted molar refractivity (Wildman–Crippen MR) is 145 cm³/mol. The minimum Gasteiger partial charge on any atom is -0.306 e. The van der Waals surface area contributed by atoms with Crippen LogP contribution in [0.4, 0.5) is 0 Å². The van der Waals surface area contributed by atoms with Crippen molar-refractivity contribution in [2.24, 2.45) is 0 Å². The number of hydrogen-bond acceptors (Lipinski definition) is 5. The van der Waals surface area contributed by atoms with Gasteiger partial charge in [-0.2, -0.15) is 22.1 Å². The van der Waals surface area contributed by atoms with Crippen molar-refractivity contribution >= 4 is 50.0 Å². The van der Waals surface area contributed by atoms with Crippen molar-refractivity contribution in [1.82, 2.24) is 32.8 Å². The van der Waals surface area contributed by atoms with Crippen molar-refractivity contribution in [3.63, 3.8) is 0 Å². The topological polar surface area (TPSA) is 88.6 Å². The molecule has 0 aliphatic carbocycles. The fourth-order valence-electron chi connectivity index (χ4n) is 4.72. The Balaban J connectivity index is 1.35. The summed E-state index contributed by atoms with van der Waals surface area (Å²) in [5, 5.41) is 6.50. The molecule has 37 heavy (non-hydrogen) atoms. The van der Waals surface area contributed by atoms with E-state index in [0.29, 0.717) is 40.8 Å². The maximum absolute atomic E-state index is 12.5. The number of rotatable bonds is 5. The zero-order valence-corrected chi connectivity index (χ0v) is 22.4. The molecule has 1 atom stereocenters. The lowest BCUT2D eigenvalue weighted by Crippen LogP contribution is -2.38. The van der Waals surface area contributed by atoms with Crippen LogP contribution in [0.5, 0.6) is 0 Å². The monoisotopic (exact) mass is 555 g/mol. The summed E-state index contributed by atoms with van der Waals surface area (Å²) in [6, 6.07) is 9.34. The van der Waals surface area contributed by atoms with Crippen molar-refractivity contribution in [1.29, 1.82) is 0 Å². The van der Waals surface area contributed by atoms with E-state index in [-0.39, 0.29) is 6.04 Å². The van der Waals surface area contributed by atoms with Crippen molar-refractivity contribution in [2.45, 2.75) is 12.5 Å². The van der Waals surface area contributed by atoms with Crippen molar-refractivity contribution < 1.29 is 8.42 Å². The minimum absolute atomic E-state index is 0.0289. The van der Waals surface area contributed by atoms with Crippen LogP contribution < -0.4 is 0 Å². The lowest BCUT2D eigenvalue weighted by Gasteiger charge is -2.20. The molecular formula is C25H23Cl2N7O2S. The Morgan fingerprint density at radius 3 is 2.59 bits per heavy atom. The van der Waals surface area contributed by atoms with Crippen molar-refractivity contribution in [3.05, 3.63) is 71.4 Å². The molecule has 0 radical (unpaired) electrons. The van der Waals surface area contributed by atoms with Crippen molar-refractivity contribution in [3.8, 4) is 22.4 Å². The molecule has 0 spiro atoms. The van der Waals surface area contributed by atoms with Crippen LogP contribution in [-0.2, 0) is 10.2 Å². The van der Waals surface area contributed by atoms with Gasteiger partial charge in [0.15, 0.2) is 0 Å². The molecule has 190 valence electrons. The molecule has 1 fully saturated rings. The SMILES string of the molecule is CN(C)S(=O)(=O)N1CCC(n2cc(-c3cnc4ccn5cc(-c6c(Cl)cccc6Cl)nc5c4c3)cn2)C1. The van der Waals surface area contributed by atoms with E-state index >= 15 is 0 Å². The highest BCUT2D eigenvalue weighted by molar-refractivity contribution is 7.86. The van der Waals surface area contributed by atoms with Crippen LogP contribution >= 0.6 is 23.2 Å². The highest BCUT2D eigenvalue weighted by atomic mass is 35.5. The van der Waals surface area contributed by atoms with E-state index in [4.69, 9.17) is 28.2 Å². The summed E-state index contributed by atoms with van der Waals surface area (Å²) in [5.74, 6) is 0. The molecule has 12 heteroatoms. The normalized spacial score (nSPS) is 16.9. The summed E-state index contributed by atoms with van der Waals surface area (Å²) >= 11 is 12.9. The molecule has 4 aromatic heterocycles. The Morgan fingerprint density at radius 2 is 1.84 bits per heavy atom. The van der Waals surface area contributed by atoms with Gasteiger partial charge in [0.05, 0.1) is 33.5 Å². The van der Waals surface area contributed by atoms with Gasteiger partial charge in [-0.1, -0.05) is 29.3 Å². The highest BCUT2D eigenvalue weighted by Gasteiger charge is 2.34. The minimum atomic E-state index is -3.44. The quantitative estimate of drug-likeness (QED) is 0.311. The second-order valence-corrected chi connectivity index (χ2v) is 12.2. The Morgan fingerprint density at radius 1 is 1.05 bits per heavy atom. The molecule has 0 saturated carbocycles. The summed E-state index contributed by atoms with van der Waals surface area (Å²) in [5.41, 5.74) is 4.71. The largest absolute Gasteiger partial charge is 0.306 e. The molecule has 9 nitrogen and oxygen atoms in total. The third-order valence-electron chi connectivity index (χ3n) is 6.73. The van der Waals surface area contributed by atoms with E-state index in [1.165, 1.54) is 8.61 Å². The Kier molecular flexibility index (Phi) is 5.96. The van der Waals surface area contributed by atoms with Gasteiger partial charge in [0, 0.05) is 74.0 Å². The maximum atomic E-state index is 12.5. The Bertz CT molecular complexity index is 1740. The summed E-state index contributed by atoms with van der Waals surface area (Å²) in [7, 11) is -0.350. The van der Waals surface area contributed by atoms with Gasteiger partial charge in [-0.15, -0.1) is 0 Å². The number of pyridine rings is 2. The molecular weight excluding hydrogens is 533 g/mol. The average molecular weight is 556 g/mol. The van der Waals surface area contributed by atoms with E-state index in [0.717, 1.165) is 27.7 Å². The fraction of sp³-hybridized carbons (Fsp3) is 0.240. The number of benzene rings is 1. The van der Waals surface area contributed by atoms with Crippen molar-refractivity contribution in [2.75, 3.05) is 27.2 Å². The van der Waals surface area contributed by atoms with E-state index in [2.05, 4.69) is 10.1 Å². The first-order valence-corrected chi connectivity index (χ1v) is 13.8. The zero-order valence-electron chi connectivity index (χ0n) is 20.1. The molecule has 1 aromatic carbocycles. The van der Waals surface area contributed by atoms with E-state index in [1.807, 2.05) is 46.0 Å². The number of imidazole rings is 1. The summed E-state index contributed by atoms with van der Waals surface area (Å²) in [6.45, 7) is 0.854. The molecule has 1 aliphatic heterocycles. The molecule has 0 amide bonds. The number of aromatic nitrogens is 5. The van der Waals surface area contributed by atoms with Crippen LogP contribution in [0, 0.1) is 0 Å². The highest BCUT2D eigenvalue weighted by Crippen LogP contribution is 2.35. The van der Waals surface area contributed by atoms with E-state index < -0.39 is 10.2 Å². The molecule has 5 aromatic rings. The lowest BCUT2D eigenvalue weighted by molar-refractivity contribution is 0.401. The fourth-order valence-corrected chi connectivity index (χ4v) is 6.47. The standard InChI is InChI=1S/C25H23Cl2N7O2S/c1-31(2)37(35,36)33-9-6-18(14-33)34-13-17(12-29-34)16-10-19-22(28-11-16)7-8-32-15-23(30-25(19)32)24-20(26)4-3-5-21(24)27/h3-5,7-8,10-13,15,18H,6,9,14H2,1-2H3. The lowest BCUT2D eigenvalue weighted by atomic mass is 10.1. The summed E-state index contributed by atoms with van der Waals surface area (Å²) < 4.78 is 31.5. The first-order chi connectivity index (χ1) is 17.7. The van der Waals surface area contributed by atoms with Gasteiger partial charge in [0.2, 0.25) is 0 Å². The molecule has 5 heterocycles. The maximum Gasteiger partial charge on any atom is 0.281 e. The molecule has 1 saturated heterocycles. The molecule has 0 bridgehead atoms. The van der Waals surface area contributed by atoms with Gasteiger partial charge in [-0.25, -0.2) is 4.98 Å². The Labute approximate surface area is 224 Å². The first kappa shape index (κ1) is 24.3. The van der Waals surface area contributed by atoms with Crippen LogP contribution in [-0.4, -0.2) is 68.4 Å². The second-order valence-electron chi connectivity index (χ2n) is 9.23. The molecule has 0 N–H and O–H groups in total. The number of nitrogens with zero attached hydrogens (tertiary/aromatic N) is 7. The number of hydrogen-bond donors (Lipinski definition) is 0. The van der Waals surface area contributed by atoms with Crippen LogP contribution in [0.3, 0.4) is 0 Å². The average Bonchev–Trinajstić information content (AvgIpc) is 3.63. The molecule has 1 aliphatic rings. The van der Waals surface area contributed by atoms with Crippen LogP contribution in [0.25, 0.3) is 38.9 Å². The number of fused-ring (bicyclic) bond motifs is 3. The van der Waals surface area contributed by atoms with E-state index in [9.17, 15) is 8.42 Å². The van der Waals surface area contributed by atoms with E-state index in [1.54, 1.807) is 38.5 Å². The summed E-state index contributed by atoms with van der Waals surface area (Å²) in [4.78, 5) is 9.51. The first-order valence-electron chi connectivity index (χ1n) is 11.7. The van der Waals surface area contributed by atoms with Crippen LogP contribution in [0.15, 0.2) is 61.3 Å². The third-order valence-corrected chi connectivity index (χ3v) is 9.26. The van der Waals surface area contributed by atoms with Gasteiger partial charge in [-0.3, -0.25) is 9.67 Å². The molecule has 1 unspecified atom stereocenters. The molecule has 6 rings (SSSR count). The van der Waals surface area contributed by atoms with Crippen LogP contribution in [0.1, 0.15) is 12.5 Å². The van der Waals surface area contributed by atoms with Gasteiger partial charge in [-0.05, 0) is 30.7 Å². The van der Waals surface area contributed by atoms with Gasteiger partial charge < -0.3 is 4.40 Å². The predicted octanol–water partition coefficient (Wildman–Crippen LogP) is 4.77. The zero-order chi connectivity index (χ0) is 25.9.